The summed E-state index contributed by atoms with van der Waals surface area (Å²) in [7, 11) is -4.15. The van der Waals surface area contributed by atoms with Gasteiger partial charge in [0.15, 0.2) is 17.3 Å². The first-order valence-corrected chi connectivity index (χ1v) is 15.2. The van der Waals surface area contributed by atoms with Gasteiger partial charge in [-0.25, -0.2) is 13.2 Å². The summed E-state index contributed by atoms with van der Waals surface area (Å²) in [5, 5.41) is 23.2. The van der Waals surface area contributed by atoms with Crippen LogP contribution >= 0.6 is 0 Å². The number of hydrogen-bond donors (Lipinski definition) is 3. The molecule has 2 heterocycles. The molecule has 11 nitrogen and oxygen atoms in total. The normalized spacial score (nSPS) is 18.2. The molecule has 1 saturated heterocycles. The summed E-state index contributed by atoms with van der Waals surface area (Å²) in [5.41, 5.74) is 0.255. The molecular formula is C29H40N2O9S. The van der Waals surface area contributed by atoms with Crippen molar-refractivity contribution in [1.29, 1.82) is 0 Å². The highest BCUT2D eigenvalue weighted by molar-refractivity contribution is 7.89. The molecule has 4 rings (SSSR count). The van der Waals surface area contributed by atoms with Crippen molar-refractivity contribution in [2.24, 2.45) is 5.41 Å². The quantitative estimate of drug-likeness (QED) is 0.319. The second-order valence-corrected chi connectivity index (χ2v) is 13.3. The summed E-state index contributed by atoms with van der Waals surface area (Å²) >= 11 is 0. The molecule has 0 aliphatic carbocycles. The second-order valence-electron chi connectivity index (χ2n) is 11.4. The van der Waals surface area contributed by atoms with E-state index in [1.165, 1.54) is 16.4 Å². The van der Waals surface area contributed by atoms with Gasteiger partial charge < -0.3 is 34.5 Å². The summed E-state index contributed by atoms with van der Waals surface area (Å²) in [4.78, 5) is 11.6. The van der Waals surface area contributed by atoms with Crippen molar-refractivity contribution in [2.45, 2.75) is 62.9 Å². The average molecular weight is 593 g/mol. The van der Waals surface area contributed by atoms with Crippen LogP contribution < -0.4 is 14.8 Å². The first-order chi connectivity index (χ1) is 19.4. The molecule has 226 valence electrons. The van der Waals surface area contributed by atoms with Crippen LogP contribution in [0, 0.1) is 5.41 Å². The number of nitrogens with zero attached hydrogens (tertiary/aromatic N) is 1. The maximum atomic E-state index is 14.1. The maximum Gasteiger partial charge on any atom is 0.404 e. The Morgan fingerprint density at radius 3 is 2.37 bits per heavy atom. The number of ether oxygens (including phenoxy) is 4. The molecule has 0 saturated carbocycles. The molecule has 2 atom stereocenters. The molecule has 2 aliphatic rings. The van der Waals surface area contributed by atoms with Crippen molar-refractivity contribution in [3.63, 3.8) is 0 Å². The Balaban J connectivity index is 1.60. The van der Waals surface area contributed by atoms with E-state index in [0.717, 1.165) is 5.56 Å². The van der Waals surface area contributed by atoms with Crippen molar-refractivity contribution in [2.75, 3.05) is 39.5 Å². The van der Waals surface area contributed by atoms with Gasteiger partial charge in [-0.2, -0.15) is 4.31 Å². The summed E-state index contributed by atoms with van der Waals surface area (Å²) in [6, 6.07) is 12.6. The van der Waals surface area contributed by atoms with Gasteiger partial charge in [-0.1, -0.05) is 44.2 Å². The summed E-state index contributed by atoms with van der Waals surface area (Å²) in [6.07, 6.45) is -1.34. The van der Waals surface area contributed by atoms with Gasteiger partial charge in [-0.15, -0.1) is 0 Å². The third kappa shape index (κ3) is 8.32. The largest absolute Gasteiger partial charge is 0.486 e. The first-order valence-electron chi connectivity index (χ1n) is 13.8. The van der Waals surface area contributed by atoms with Gasteiger partial charge in [0, 0.05) is 25.6 Å². The van der Waals surface area contributed by atoms with Gasteiger partial charge in [0.05, 0.1) is 30.3 Å². The number of fused-ring (bicyclic) bond motifs is 1. The Kier molecular flexibility index (Phi) is 9.81. The third-order valence-corrected chi connectivity index (χ3v) is 9.18. The van der Waals surface area contributed by atoms with Crippen LogP contribution in [0.1, 0.15) is 39.2 Å². The van der Waals surface area contributed by atoms with E-state index in [2.05, 4.69) is 5.32 Å². The second kappa shape index (κ2) is 13.0. The lowest BCUT2D eigenvalue weighted by molar-refractivity contribution is -0.151. The van der Waals surface area contributed by atoms with Crippen molar-refractivity contribution < 1.29 is 42.4 Å². The molecule has 1 amide bonds. The van der Waals surface area contributed by atoms with Gasteiger partial charge in [-0.05, 0) is 42.9 Å². The van der Waals surface area contributed by atoms with E-state index in [-0.39, 0.29) is 24.4 Å². The van der Waals surface area contributed by atoms with E-state index in [0.29, 0.717) is 50.8 Å². The van der Waals surface area contributed by atoms with Crippen LogP contribution in [0.4, 0.5) is 4.79 Å². The number of nitrogens with one attached hydrogen (secondary N) is 1. The molecule has 3 N–H and O–H groups in total. The molecule has 0 aromatic heterocycles. The van der Waals surface area contributed by atoms with Crippen LogP contribution in [-0.4, -0.2) is 86.5 Å². The predicted molar refractivity (Wildman–Crippen MR) is 151 cm³/mol. The lowest BCUT2D eigenvalue weighted by Crippen LogP contribution is -2.51. The van der Waals surface area contributed by atoms with Crippen molar-refractivity contribution in [3.05, 3.63) is 54.1 Å². The van der Waals surface area contributed by atoms with E-state index in [1.54, 1.807) is 6.07 Å². The third-order valence-electron chi connectivity index (χ3n) is 7.37. The minimum absolute atomic E-state index is 0.00928. The van der Waals surface area contributed by atoms with Crippen LogP contribution in [0.15, 0.2) is 53.4 Å². The number of aliphatic hydroxyl groups is 1. The summed E-state index contributed by atoms with van der Waals surface area (Å²) < 4.78 is 52.0. The maximum absolute atomic E-state index is 14.1. The molecule has 0 spiro atoms. The molecule has 12 heteroatoms. The monoisotopic (exact) mass is 592 g/mol. The van der Waals surface area contributed by atoms with Crippen LogP contribution in [0.3, 0.4) is 0 Å². The standard InChI is InChI=1S/C29H40N2O9S/c1-28(2,11-12-29(3)39-15-16-40-29)20-31(41(35,36)22-9-10-25-26(18-22)38-14-13-37-25)19-24(32)23(30-27(33)34)17-21-7-5-4-6-8-21/h4-10,18,23-24,30,32H,11-17,19-20H2,1-3H3,(H,33,34)/t23-,24+/m0/s1. The average Bonchev–Trinajstić information content (AvgIpc) is 3.38. The number of sulfonamides is 1. The Morgan fingerprint density at radius 1 is 1.05 bits per heavy atom. The summed E-state index contributed by atoms with van der Waals surface area (Å²) in [5.74, 6) is 0.0539. The fourth-order valence-corrected chi connectivity index (χ4v) is 6.71. The van der Waals surface area contributed by atoms with Crippen LogP contribution in [0.5, 0.6) is 11.5 Å². The molecule has 2 aromatic carbocycles. The summed E-state index contributed by atoms with van der Waals surface area (Å²) in [6.45, 7) is 7.18. The minimum Gasteiger partial charge on any atom is -0.486 e. The zero-order valence-corrected chi connectivity index (χ0v) is 24.6. The van der Waals surface area contributed by atoms with Crippen molar-refractivity contribution in [3.8, 4) is 11.5 Å². The van der Waals surface area contributed by atoms with Crippen LogP contribution in [0.2, 0.25) is 0 Å². The Bertz CT molecular complexity index is 1280. The van der Waals surface area contributed by atoms with Crippen LogP contribution in [0.25, 0.3) is 0 Å². The highest BCUT2D eigenvalue weighted by Gasteiger charge is 2.38. The topological polar surface area (TPSA) is 144 Å². The van der Waals surface area contributed by atoms with E-state index in [1.807, 2.05) is 51.1 Å². The molecule has 0 bridgehead atoms. The van der Waals surface area contributed by atoms with Gasteiger partial charge in [0.1, 0.15) is 13.2 Å². The highest BCUT2D eigenvalue weighted by atomic mass is 32.2. The molecule has 41 heavy (non-hydrogen) atoms. The number of hydrogen-bond acceptors (Lipinski definition) is 8. The lowest BCUT2D eigenvalue weighted by Gasteiger charge is -2.36. The lowest BCUT2D eigenvalue weighted by atomic mass is 9.86. The van der Waals surface area contributed by atoms with E-state index < -0.39 is 39.5 Å². The SMILES string of the molecule is CC(C)(CCC1(C)OCCO1)CN(C[C@@H](O)[C@H](Cc1ccccc1)NC(=O)O)S(=O)(=O)c1ccc2c(c1)OCCO2. The van der Waals surface area contributed by atoms with Gasteiger partial charge in [-0.3, -0.25) is 0 Å². The molecule has 0 radical (unpaired) electrons. The molecule has 1 fully saturated rings. The fourth-order valence-electron chi connectivity index (χ4n) is 5.05. The number of aliphatic hydroxyl groups excluding tert-OH is 1. The Hall–Kier alpha value is -2.90. The molecule has 2 aromatic rings. The van der Waals surface area contributed by atoms with Gasteiger partial charge >= 0.3 is 6.09 Å². The van der Waals surface area contributed by atoms with E-state index in [4.69, 9.17) is 18.9 Å². The number of benzene rings is 2. The van der Waals surface area contributed by atoms with Gasteiger partial charge in [0.2, 0.25) is 10.0 Å². The van der Waals surface area contributed by atoms with Crippen molar-refractivity contribution in [1.82, 2.24) is 9.62 Å². The Morgan fingerprint density at radius 2 is 1.71 bits per heavy atom. The number of carbonyl (C=O) groups is 1. The molecule has 0 unspecified atom stereocenters. The van der Waals surface area contributed by atoms with E-state index in [9.17, 15) is 23.4 Å². The smallest absolute Gasteiger partial charge is 0.404 e. The Labute approximate surface area is 241 Å². The number of rotatable bonds is 13. The zero-order valence-electron chi connectivity index (χ0n) is 23.7. The predicted octanol–water partition coefficient (Wildman–Crippen LogP) is 3.26. The van der Waals surface area contributed by atoms with Gasteiger partial charge in [0.25, 0.3) is 0 Å². The number of amides is 1. The molecule has 2 aliphatic heterocycles. The zero-order chi connectivity index (χ0) is 29.7. The number of carboxylic acid groups (broad SMARTS) is 1. The molecular weight excluding hydrogens is 552 g/mol. The van der Waals surface area contributed by atoms with Crippen LogP contribution in [-0.2, 0) is 25.9 Å². The van der Waals surface area contributed by atoms with E-state index >= 15 is 0 Å². The highest BCUT2D eigenvalue weighted by Crippen LogP contribution is 2.36. The minimum atomic E-state index is -4.15. The fraction of sp³-hybridized carbons (Fsp3) is 0.552. The van der Waals surface area contributed by atoms with Crippen molar-refractivity contribution >= 4 is 16.1 Å². The first kappa shape index (κ1) is 31.0.